The molecule has 1 saturated carbocycles. The van der Waals surface area contributed by atoms with Gasteiger partial charge in [0.25, 0.3) is 0 Å². The van der Waals surface area contributed by atoms with Crippen LogP contribution in [0.3, 0.4) is 0 Å². The predicted molar refractivity (Wildman–Crippen MR) is 86.4 cm³/mol. The number of hydrogen-bond donors (Lipinski definition) is 0. The van der Waals surface area contributed by atoms with E-state index in [0.717, 1.165) is 44.5 Å². The standard InChI is InChI=1S/C19H27NO/c1-2-3-4-5-14-21-19-12-10-18(11-13-19)17-8-6-16(15-20)7-9-17/h10-13,16-17H,2-9,14H2,1H3. The Morgan fingerprint density at radius 3 is 2.38 bits per heavy atom. The number of hydrogen-bond acceptors (Lipinski definition) is 2. The lowest BCUT2D eigenvalue weighted by atomic mass is 9.79. The number of unbranched alkanes of at least 4 members (excludes halogenated alkanes) is 3. The molecule has 0 aliphatic heterocycles. The van der Waals surface area contributed by atoms with Gasteiger partial charge >= 0.3 is 0 Å². The minimum atomic E-state index is 0.284. The van der Waals surface area contributed by atoms with Gasteiger partial charge in [-0.1, -0.05) is 38.3 Å². The van der Waals surface area contributed by atoms with Crippen LogP contribution in [0, 0.1) is 17.2 Å². The third-order valence-electron chi connectivity index (χ3n) is 4.53. The average molecular weight is 285 g/mol. The maximum absolute atomic E-state index is 8.95. The summed E-state index contributed by atoms with van der Waals surface area (Å²) in [7, 11) is 0. The molecular weight excluding hydrogens is 258 g/mol. The van der Waals surface area contributed by atoms with E-state index < -0.39 is 0 Å². The highest BCUT2D eigenvalue weighted by molar-refractivity contribution is 5.29. The molecule has 0 N–H and O–H groups in total. The molecule has 0 atom stereocenters. The van der Waals surface area contributed by atoms with E-state index in [4.69, 9.17) is 10.00 Å². The molecule has 2 heteroatoms. The Morgan fingerprint density at radius 1 is 1.05 bits per heavy atom. The monoisotopic (exact) mass is 285 g/mol. The molecule has 0 aromatic heterocycles. The second kappa shape index (κ2) is 8.72. The Morgan fingerprint density at radius 2 is 1.76 bits per heavy atom. The maximum Gasteiger partial charge on any atom is 0.119 e. The molecule has 2 rings (SSSR count). The Kier molecular flexibility index (Phi) is 6.60. The normalized spacial score (nSPS) is 21.7. The van der Waals surface area contributed by atoms with Crippen molar-refractivity contribution in [3.8, 4) is 11.8 Å². The Balaban J connectivity index is 1.76. The van der Waals surface area contributed by atoms with Crippen molar-refractivity contribution in [1.29, 1.82) is 5.26 Å². The van der Waals surface area contributed by atoms with E-state index in [1.54, 1.807) is 0 Å². The van der Waals surface area contributed by atoms with Gasteiger partial charge in [0.2, 0.25) is 0 Å². The molecule has 1 aromatic carbocycles. The lowest BCUT2D eigenvalue weighted by molar-refractivity contribution is 0.304. The molecule has 0 saturated heterocycles. The molecule has 1 aromatic rings. The van der Waals surface area contributed by atoms with Crippen molar-refractivity contribution in [2.24, 2.45) is 5.92 Å². The van der Waals surface area contributed by atoms with Crippen molar-refractivity contribution in [2.75, 3.05) is 6.61 Å². The smallest absolute Gasteiger partial charge is 0.119 e. The zero-order chi connectivity index (χ0) is 14.9. The average Bonchev–Trinajstić information content (AvgIpc) is 2.55. The zero-order valence-corrected chi connectivity index (χ0v) is 13.2. The third kappa shape index (κ3) is 5.08. The quantitative estimate of drug-likeness (QED) is 0.625. The largest absolute Gasteiger partial charge is 0.494 e. The molecule has 0 bridgehead atoms. The molecule has 2 nitrogen and oxygen atoms in total. The summed E-state index contributed by atoms with van der Waals surface area (Å²) in [5, 5.41) is 8.95. The molecule has 0 spiro atoms. The van der Waals surface area contributed by atoms with Crippen LogP contribution in [0.4, 0.5) is 0 Å². The highest BCUT2D eigenvalue weighted by Gasteiger charge is 2.21. The molecule has 1 fully saturated rings. The van der Waals surface area contributed by atoms with Crippen LogP contribution >= 0.6 is 0 Å². The highest BCUT2D eigenvalue weighted by Crippen LogP contribution is 2.35. The Labute approximate surface area is 129 Å². The van der Waals surface area contributed by atoms with Gasteiger partial charge in [-0.05, 0) is 55.7 Å². The van der Waals surface area contributed by atoms with Crippen molar-refractivity contribution in [2.45, 2.75) is 64.2 Å². The molecule has 0 heterocycles. The van der Waals surface area contributed by atoms with E-state index in [1.165, 1.54) is 24.8 Å². The number of nitrogens with zero attached hydrogens (tertiary/aromatic N) is 1. The molecule has 0 unspecified atom stereocenters. The van der Waals surface area contributed by atoms with Crippen LogP contribution in [0.15, 0.2) is 24.3 Å². The number of nitriles is 1. The van der Waals surface area contributed by atoms with E-state index in [-0.39, 0.29) is 5.92 Å². The number of rotatable bonds is 7. The highest BCUT2D eigenvalue weighted by atomic mass is 16.5. The number of benzene rings is 1. The molecule has 114 valence electrons. The van der Waals surface area contributed by atoms with E-state index in [9.17, 15) is 0 Å². The van der Waals surface area contributed by atoms with Gasteiger partial charge in [0, 0.05) is 5.92 Å². The molecule has 0 amide bonds. The van der Waals surface area contributed by atoms with Crippen LogP contribution < -0.4 is 4.74 Å². The first-order valence-electron chi connectivity index (χ1n) is 8.46. The predicted octanol–water partition coefficient (Wildman–Crippen LogP) is 5.44. The van der Waals surface area contributed by atoms with Crippen LogP contribution in [0.5, 0.6) is 5.75 Å². The van der Waals surface area contributed by atoms with Crippen LogP contribution in [-0.2, 0) is 0 Å². The fourth-order valence-electron chi connectivity index (χ4n) is 3.11. The second-order valence-corrected chi connectivity index (χ2v) is 6.16. The van der Waals surface area contributed by atoms with Crippen molar-refractivity contribution >= 4 is 0 Å². The summed E-state index contributed by atoms with van der Waals surface area (Å²) in [6.07, 6.45) is 9.37. The first-order valence-corrected chi connectivity index (χ1v) is 8.46. The molecule has 1 aliphatic rings. The number of ether oxygens (including phenoxy) is 1. The summed E-state index contributed by atoms with van der Waals surface area (Å²) in [6.45, 7) is 3.05. The zero-order valence-electron chi connectivity index (χ0n) is 13.2. The lowest BCUT2D eigenvalue weighted by Gasteiger charge is -2.25. The minimum Gasteiger partial charge on any atom is -0.494 e. The summed E-state index contributed by atoms with van der Waals surface area (Å²) >= 11 is 0. The third-order valence-corrected chi connectivity index (χ3v) is 4.53. The van der Waals surface area contributed by atoms with Gasteiger partial charge in [-0.15, -0.1) is 0 Å². The summed E-state index contributed by atoms with van der Waals surface area (Å²) < 4.78 is 5.79. The van der Waals surface area contributed by atoms with Crippen molar-refractivity contribution in [3.63, 3.8) is 0 Å². The van der Waals surface area contributed by atoms with Gasteiger partial charge in [0.1, 0.15) is 5.75 Å². The van der Waals surface area contributed by atoms with E-state index >= 15 is 0 Å². The van der Waals surface area contributed by atoms with Gasteiger partial charge < -0.3 is 4.74 Å². The van der Waals surface area contributed by atoms with Gasteiger partial charge in [0.05, 0.1) is 12.7 Å². The van der Waals surface area contributed by atoms with Crippen LogP contribution in [0.2, 0.25) is 0 Å². The first kappa shape index (κ1) is 15.9. The maximum atomic E-state index is 8.95. The summed E-state index contributed by atoms with van der Waals surface area (Å²) in [5.41, 5.74) is 1.41. The van der Waals surface area contributed by atoms with Crippen LogP contribution in [0.1, 0.15) is 69.8 Å². The van der Waals surface area contributed by atoms with Crippen LogP contribution in [-0.4, -0.2) is 6.61 Å². The summed E-state index contributed by atoms with van der Waals surface area (Å²) in [5.74, 6) is 1.90. The first-order chi connectivity index (χ1) is 10.3. The molecule has 1 aliphatic carbocycles. The SMILES string of the molecule is CCCCCCOc1ccc(C2CCC(C#N)CC2)cc1. The van der Waals surface area contributed by atoms with Gasteiger partial charge in [-0.2, -0.15) is 5.26 Å². The van der Waals surface area contributed by atoms with E-state index in [0.29, 0.717) is 5.92 Å². The lowest BCUT2D eigenvalue weighted by Crippen LogP contribution is -2.11. The van der Waals surface area contributed by atoms with E-state index in [1.807, 2.05) is 0 Å². The summed E-state index contributed by atoms with van der Waals surface area (Å²) in [6, 6.07) is 11.0. The topological polar surface area (TPSA) is 33.0 Å². The molecule has 21 heavy (non-hydrogen) atoms. The fourth-order valence-corrected chi connectivity index (χ4v) is 3.11. The van der Waals surface area contributed by atoms with E-state index in [2.05, 4.69) is 37.3 Å². The second-order valence-electron chi connectivity index (χ2n) is 6.16. The van der Waals surface area contributed by atoms with Gasteiger partial charge in [-0.3, -0.25) is 0 Å². The fraction of sp³-hybridized carbons (Fsp3) is 0.632. The molecule has 0 radical (unpaired) electrons. The van der Waals surface area contributed by atoms with Gasteiger partial charge in [-0.25, -0.2) is 0 Å². The molecular formula is C19H27NO. The Hall–Kier alpha value is -1.49. The van der Waals surface area contributed by atoms with Crippen molar-refractivity contribution in [1.82, 2.24) is 0 Å². The minimum absolute atomic E-state index is 0.284. The van der Waals surface area contributed by atoms with Gasteiger partial charge in [0.15, 0.2) is 0 Å². The van der Waals surface area contributed by atoms with Crippen molar-refractivity contribution in [3.05, 3.63) is 29.8 Å². The van der Waals surface area contributed by atoms with Crippen molar-refractivity contribution < 1.29 is 4.74 Å². The van der Waals surface area contributed by atoms with Crippen LogP contribution in [0.25, 0.3) is 0 Å². The Bertz CT molecular complexity index is 438. The summed E-state index contributed by atoms with van der Waals surface area (Å²) in [4.78, 5) is 0.